The third-order valence-electron chi connectivity index (χ3n) is 4.57. The van der Waals surface area contributed by atoms with E-state index in [0.717, 1.165) is 29.7 Å². The standard InChI is InChI=1S/C20H22BrNO2S/c1-14-5-3-4-6-16(14)19-9-10-22(11-12-25-19)20(23)17-13-15(24-2)7-8-18(17)21/h3-8,13,19H,9-12H2,1-2H3. The summed E-state index contributed by atoms with van der Waals surface area (Å²) in [5.74, 6) is 1.72. The summed E-state index contributed by atoms with van der Waals surface area (Å²) in [6, 6.07) is 14.1. The van der Waals surface area contributed by atoms with Gasteiger partial charge in [0.15, 0.2) is 0 Å². The molecule has 1 aliphatic heterocycles. The molecule has 0 radical (unpaired) electrons. The number of aryl methyl sites for hydroxylation is 1. The summed E-state index contributed by atoms with van der Waals surface area (Å²) < 4.78 is 6.08. The number of ether oxygens (including phenoxy) is 1. The summed E-state index contributed by atoms with van der Waals surface area (Å²) >= 11 is 5.45. The number of hydrogen-bond acceptors (Lipinski definition) is 3. The Morgan fingerprint density at radius 1 is 1.24 bits per heavy atom. The number of carbonyl (C=O) groups is 1. The molecule has 1 fully saturated rings. The van der Waals surface area contributed by atoms with Gasteiger partial charge in [0, 0.05) is 28.6 Å². The molecule has 1 heterocycles. The summed E-state index contributed by atoms with van der Waals surface area (Å²) in [5.41, 5.74) is 3.39. The fraction of sp³-hybridized carbons (Fsp3) is 0.350. The lowest BCUT2D eigenvalue weighted by atomic mass is 10.0. The van der Waals surface area contributed by atoms with Crippen molar-refractivity contribution in [3.63, 3.8) is 0 Å². The number of methoxy groups -OCH3 is 1. The molecule has 1 amide bonds. The van der Waals surface area contributed by atoms with E-state index in [4.69, 9.17) is 4.74 Å². The maximum absolute atomic E-state index is 13.0. The Bertz CT molecular complexity index is 765. The summed E-state index contributed by atoms with van der Waals surface area (Å²) in [4.78, 5) is 14.9. The van der Waals surface area contributed by atoms with E-state index in [0.29, 0.717) is 16.6 Å². The topological polar surface area (TPSA) is 29.5 Å². The lowest BCUT2D eigenvalue weighted by molar-refractivity contribution is 0.0765. The van der Waals surface area contributed by atoms with Gasteiger partial charge in [-0.2, -0.15) is 11.8 Å². The van der Waals surface area contributed by atoms with Crippen molar-refractivity contribution in [3.05, 3.63) is 63.6 Å². The number of carbonyl (C=O) groups excluding carboxylic acids is 1. The molecule has 1 atom stereocenters. The molecule has 1 saturated heterocycles. The van der Waals surface area contributed by atoms with E-state index >= 15 is 0 Å². The average Bonchev–Trinajstić information content (AvgIpc) is 2.88. The first-order valence-corrected chi connectivity index (χ1v) is 10.2. The summed E-state index contributed by atoms with van der Waals surface area (Å²) in [7, 11) is 1.62. The fourth-order valence-corrected chi connectivity index (χ4v) is 4.88. The van der Waals surface area contributed by atoms with E-state index in [1.54, 1.807) is 7.11 Å². The van der Waals surface area contributed by atoms with Crippen molar-refractivity contribution >= 4 is 33.6 Å². The van der Waals surface area contributed by atoms with Gasteiger partial charge in [0.25, 0.3) is 5.91 Å². The van der Waals surface area contributed by atoms with Crippen molar-refractivity contribution in [2.45, 2.75) is 18.6 Å². The lowest BCUT2D eigenvalue weighted by Gasteiger charge is -2.21. The van der Waals surface area contributed by atoms with Gasteiger partial charge in [-0.1, -0.05) is 24.3 Å². The third-order valence-corrected chi connectivity index (χ3v) is 6.57. The molecule has 0 bridgehead atoms. The van der Waals surface area contributed by atoms with Crippen LogP contribution in [0.5, 0.6) is 5.75 Å². The smallest absolute Gasteiger partial charge is 0.255 e. The Balaban J connectivity index is 1.75. The minimum absolute atomic E-state index is 0.0665. The predicted molar refractivity (Wildman–Crippen MR) is 108 cm³/mol. The van der Waals surface area contributed by atoms with Gasteiger partial charge >= 0.3 is 0 Å². The molecular weight excluding hydrogens is 398 g/mol. The van der Waals surface area contributed by atoms with Crippen LogP contribution >= 0.6 is 27.7 Å². The van der Waals surface area contributed by atoms with Crippen molar-refractivity contribution in [2.75, 3.05) is 26.0 Å². The van der Waals surface area contributed by atoms with Crippen LogP contribution in [0.2, 0.25) is 0 Å². The van der Waals surface area contributed by atoms with Gasteiger partial charge in [-0.25, -0.2) is 0 Å². The maximum atomic E-state index is 13.0. The van der Waals surface area contributed by atoms with Crippen LogP contribution in [0, 0.1) is 6.92 Å². The van der Waals surface area contributed by atoms with Crippen molar-refractivity contribution < 1.29 is 9.53 Å². The van der Waals surface area contributed by atoms with Crippen LogP contribution in [0.15, 0.2) is 46.9 Å². The molecule has 1 aliphatic rings. The van der Waals surface area contributed by atoms with Gasteiger partial charge in [-0.05, 0) is 58.6 Å². The van der Waals surface area contributed by atoms with Crippen molar-refractivity contribution in [3.8, 4) is 5.75 Å². The molecule has 5 heteroatoms. The number of amides is 1. The van der Waals surface area contributed by atoms with Gasteiger partial charge in [0.05, 0.1) is 12.7 Å². The zero-order valence-corrected chi connectivity index (χ0v) is 16.9. The van der Waals surface area contributed by atoms with Crippen LogP contribution in [-0.2, 0) is 0 Å². The molecule has 3 rings (SSSR count). The maximum Gasteiger partial charge on any atom is 0.255 e. The molecule has 0 aromatic heterocycles. The number of hydrogen-bond donors (Lipinski definition) is 0. The first-order valence-electron chi connectivity index (χ1n) is 8.40. The van der Waals surface area contributed by atoms with Crippen molar-refractivity contribution in [2.24, 2.45) is 0 Å². The van der Waals surface area contributed by atoms with E-state index < -0.39 is 0 Å². The molecule has 25 heavy (non-hydrogen) atoms. The molecule has 0 N–H and O–H groups in total. The highest BCUT2D eigenvalue weighted by Crippen LogP contribution is 2.36. The molecule has 2 aromatic rings. The lowest BCUT2D eigenvalue weighted by Crippen LogP contribution is -2.33. The molecule has 3 nitrogen and oxygen atoms in total. The van der Waals surface area contributed by atoms with Gasteiger partial charge in [-0.3, -0.25) is 4.79 Å². The van der Waals surface area contributed by atoms with E-state index in [1.165, 1.54) is 11.1 Å². The van der Waals surface area contributed by atoms with Crippen LogP contribution in [0.1, 0.15) is 33.2 Å². The van der Waals surface area contributed by atoms with Crippen LogP contribution in [0.3, 0.4) is 0 Å². The Morgan fingerprint density at radius 2 is 2.04 bits per heavy atom. The van der Waals surface area contributed by atoms with Gasteiger partial charge in [0.1, 0.15) is 5.75 Å². The quantitative estimate of drug-likeness (QED) is 0.693. The van der Waals surface area contributed by atoms with Gasteiger partial charge in [-0.15, -0.1) is 0 Å². The van der Waals surface area contributed by atoms with Crippen molar-refractivity contribution in [1.29, 1.82) is 0 Å². The summed E-state index contributed by atoms with van der Waals surface area (Å²) in [5, 5.41) is 0.452. The Hall–Kier alpha value is -1.46. The molecule has 1 unspecified atom stereocenters. The number of benzene rings is 2. The highest BCUT2D eigenvalue weighted by atomic mass is 79.9. The summed E-state index contributed by atoms with van der Waals surface area (Å²) in [6.07, 6.45) is 0.975. The Morgan fingerprint density at radius 3 is 2.80 bits per heavy atom. The minimum Gasteiger partial charge on any atom is -0.497 e. The van der Waals surface area contributed by atoms with E-state index in [1.807, 2.05) is 34.9 Å². The number of nitrogens with zero attached hydrogens (tertiary/aromatic N) is 1. The monoisotopic (exact) mass is 419 g/mol. The van der Waals surface area contributed by atoms with Crippen LogP contribution in [0.4, 0.5) is 0 Å². The molecule has 0 aliphatic carbocycles. The molecule has 0 saturated carbocycles. The van der Waals surface area contributed by atoms with E-state index in [2.05, 4.69) is 47.1 Å². The Kier molecular flexibility index (Phi) is 6.07. The largest absolute Gasteiger partial charge is 0.497 e. The number of thioether (sulfide) groups is 1. The predicted octanol–water partition coefficient (Wildman–Crippen LogP) is 5.09. The van der Waals surface area contributed by atoms with E-state index in [-0.39, 0.29) is 5.91 Å². The van der Waals surface area contributed by atoms with E-state index in [9.17, 15) is 4.79 Å². The fourth-order valence-electron chi connectivity index (χ4n) is 3.14. The molecule has 132 valence electrons. The Labute approximate surface area is 161 Å². The SMILES string of the molecule is COc1ccc(Br)c(C(=O)N2CCSC(c3ccccc3C)CC2)c1. The normalized spacial score (nSPS) is 17.9. The zero-order chi connectivity index (χ0) is 17.8. The van der Waals surface area contributed by atoms with Crippen LogP contribution in [0.25, 0.3) is 0 Å². The second-order valence-electron chi connectivity index (χ2n) is 6.14. The second kappa shape index (κ2) is 8.28. The molecular formula is C20H22BrNO2S. The highest BCUT2D eigenvalue weighted by Gasteiger charge is 2.24. The zero-order valence-electron chi connectivity index (χ0n) is 14.5. The average molecular weight is 420 g/mol. The first kappa shape index (κ1) is 18.3. The first-order chi connectivity index (χ1) is 12.1. The van der Waals surface area contributed by atoms with Gasteiger partial charge < -0.3 is 9.64 Å². The second-order valence-corrected chi connectivity index (χ2v) is 8.31. The number of rotatable bonds is 3. The third kappa shape index (κ3) is 4.21. The van der Waals surface area contributed by atoms with Crippen LogP contribution in [-0.4, -0.2) is 36.8 Å². The number of halogens is 1. The van der Waals surface area contributed by atoms with Gasteiger partial charge in [0.2, 0.25) is 0 Å². The highest BCUT2D eigenvalue weighted by molar-refractivity contribution is 9.10. The minimum atomic E-state index is 0.0665. The van der Waals surface area contributed by atoms with Crippen LogP contribution < -0.4 is 4.74 Å². The molecule has 2 aromatic carbocycles. The van der Waals surface area contributed by atoms with Crippen molar-refractivity contribution in [1.82, 2.24) is 4.90 Å². The summed E-state index contributed by atoms with van der Waals surface area (Å²) in [6.45, 7) is 3.71. The molecule has 0 spiro atoms.